The number of pyridine rings is 1. The second-order valence-electron chi connectivity index (χ2n) is 10.7. The second-order valence-corrected chi connectivity index (χ2v) is 10.7. The lowest BCUT2D eigenvalue weighted by molar-refractivity contribution is -0.0384. The summed E-state index contributed by atoms with van der Waals surface area (Å²) in [6.45, 7) is 12.4. The molecular formula is C24H33F2N3O2. The SMILES string of the molecule is CC(C)(C)c1cc(C2CCC(F)(F)CC2)nc2cc(C(=O)N3CCNCC3(C)C)oc12. The molecule has 170 valence electrons. The predicted octanol–water partition coefficient (Wildman–Crippen LogP) is 5.24. The summed E-state index contributed by atoms with van der Waals surface area (Å²) >= 11 is 0. The van der Waals surface area contributed by atoms with Crippen LogP contribution in [0.5, 0.6) is 0 Å². The molecule has 0 atom stereocenters. The summed E-state index contributed by atoms with van der Waals surface area (Å²) in [4.78, 5) is 19.9. The van der Waals surface area contributed by atoms with Gasteiger partial charge in [0.15, 0.2) is 11.3 Å². The average Bonchev–Trinajstić information content (AvgIpc) is 3.09. The van der Waals surface area contributed by atoms with E-state index in [1.165, 1.54) is 0 Å². The average molecular weight is 434 g/mol. The quantitative estimate of drug-likeness (QED) is 0.703. The zero-order valence-electron chi connectivity index (χ0n) is 19.1. The number of furan rings is 1. The Labute approximate surface area is 182 Å². The summed E-state index contributed by atoms with van der Waals surface area (Å²) in [5.41, 5.74) is 2.50. The minimum absolute atomic E-state index is 0.00581. The van der Waals surface area contributed by atoms with E-state index in [9.17, 15) is 13.6 Å². The van der Waals surface area contributed by atoms with Gasteiger partial charge in [-0.15, -0.1) is 0 Å². The molecule has 0 bridgehead atoms. The number of carbonyl (C=O) groups excluding carboxylic acids is 1. The van der Waals surface area contributed by atoms with Gasteiger partial charge in [-0.2, -0.15) is 0 Å². The molecule has 2 fully saturated rings. The van der Waals surface area contributed by atoms with Crippen molar-refractivity contribution in [2.24, 2.45) is 0 Å². The van der Waals surface area contributed by atoms with Gasteiger partial charge < -0.3 is 14.6 Å². The number of hydrogen-bond donors (Lipinski definition) is 1. The molecular weight excluding hydrogens is 400 g/mol. The van der Waals surface area contributed by atoms with Gasteiger partial charge in [0, 0.05) is 55.7 Å². The van der Waals surface area contributed by atoms with E-state index in [-0.39, 0.29) is 41.4 Å². The van der Waals surface area contributed by atoms with Gasteiger partial charge in [-0.1, -0.05) is 20.8 Å². The molecule has 1 amide bonds. The molecule has 5 nitrogen and oxygen atoms in total. The largest absolute Gasteiger partial charge is 0.449 e. The van der Waals surface area contributed by atoms with Gasteiger partial charge in [0.05, 0.1) is 5.54 Å². The predicted molar refractivity (Wildman–Crippen MR) is 117 cm³/mol. The van der Waals surface area contributed by atoms with E-state index in [1.807, 2.05) is 24.8 Å². The molecule has 0 unspecified atom stereocenters. The second kappa shape index (κ2) is 7.54. The van der Waals surface area contributed by atoms with Gasteiger partial charge in [-0.05, 0) is 38.2 Å². The van der Waals surface area contributed by atoms with E-state index in [0.717, 1.165) is 24.3 Å². The molecule has 0 aromatic carbocycles. The van der Waals surface area contributed by atoms with Crippen LogP contribution in [0.3, 0.4) is 0 Å². The molecule has 1 saturated carbocycles. The fourth-order valence-electron chi connectivity index (χ4n) is 4.74. The van der Waals surface area contributed by atoms with Crippen LogP contribution in [-0.2, 0) is 5.41 Å². The maximum Gasteiger partial charge on any atom is 0.290 e. The van der Waals surface area contributed by atoms with Crippen molar-refractivity contribution in [3.05, 3.63) is 29.2 Å². The molecule has 2 aliphatic rings. The van der Waals surface area contributed by atoms with E-state index in [0.29, 0.717) is 30.5 Å². The first kappa shape index (κ1) is 22.2. The lowest BCUT2D eigenvalue weighted by atomic mass is 9.81. The Morgan fingerprint density at radius 3 is 2.52 bits per heavy atom. The fraction of sp³-hybridized carbons (Fsp3) is 0.667. The molecule has 2 aromatic heterocycles. The van der Waals surface area contributed by atoms with Crippen LogP contribution in [0.2, 0.25) is 0 Å². The van der Waals surface area contributed by atoms with E-state index < -0.39 is 5.92 Å². The van der Waals surface area contributed by atoms with Crippen molar-refractivity contribution in [3.8, 4) is 0 Å². The Kier molecular flexibility index (Phi) is 5.39. The maximum absolute atomic E-state index is 13.7. The Hall–Kier alpha value is -2.02. The Balaban J connectivity index is 1.73. The maximum atomic E-state index is 13.7. The first-order valence-corrected chi connectivity index (χ1v) is 11.2. The number of aromatic nitrogens is 1. The zero-order chi connectivity index (χ0) is 22.6. The molecule has 2 aromatic rings. The minimum atomic E-state index is -2.57. The van der Waals surface area contributed by atoms with Crippen LogP contribution in [0.15, 0.2) is 16.5 Å². The molecule has 1 aliphatic heterocycles. The number of piperazine rings is 1. The molecule has 1 N–H and O–H groups in total. The Morgan fingerprint density at radius 1 is 1.23 bits per heavy atom. The number of nitrogens with one attached hydrogen (secondary N) is 1. The van der Waals surface area contributed by atoms with Gasteiger partial charge in [-0.3, -0.25) is 4.79 Å². The molecule has 1 aliphatic carbocycles. The van der Waals surface area contributed by atoms with Crippen molar-refractivity contribution in [3.63, 3.8) is 0 Å². The van der Waals surface area contributed by atoms with Gasteiger partial charge in [0.1, 0.15) is 5.52 Å². The van der Waals surface area contributed by atoms with Crippen LogP contribution in [0.4, 0.5) is 8.78 Å². The summed E-state index contributed by atoms with van der Waals surface area (Å²) < 4.78 is 33.4. The Morgan fingerprint density at radius 2 is 1.90 bits per heavy atom. The van der Waals surface area contributed by atoms with Crippen LogP contribution in [0.1, 0.15) is 88.0 Å². The number of fused-ring (bicyclic) bond motifs is 1. The lowest BCUT2D eigenvalue weighted by Crippen LogP contribution is -2.59. The number of nitrogens with zero attached hydrogens (tertiary/aromatic N) is 2. The van der Waals surface area contributed by atoms with Crippen LogP contribution >= 0.6 is 0 Å². The minimum Gasteiger partial charge on any atom is -0.449 e. The van der Waals surface area contributed by atoms with Crippen LogP contribution in [0, 0.1) is 0 Å². The first-order valence-electron chi connectivity index (χ1n) is 11.2. The highest BCUT2D eigenvalue weighted by Crippen LogP contribution is 2.42. The standard InChI is InChI=1S/C24H33F2N3O2/c1-22(2,3)16-12-17(15-6-8-24(25,26)9-7-15)28-18-13-19(31-20(16)18)21(30)29-11-10-27-14-23(29,4)5/h12-13,15,27H,6-11,14H2,1-5H3. The number of halogens is 2. The number of hydrogen-bond acceptors (Lipinski definition) is 4. The van der Waals surface area contributed by atoms with Crippen molar-refractivity contribution in [1.82, 2.24) is 15.2 Å². The van der Waals surface area contributed by atoms with Gasteiger partial charge in [0.2, 0.25) is 5.92 Å². The van der Waals surface area contributed by atoms with Crippen LogP contribution in [-0.4, -0.2) is 46.9 Å². The molecule has 1 saturated heterocycles. The lowest BCUT2D eigenvalue weighted by Gasteiger charge is -2.42. The van der Waals surface area contributed by atoms with Crippen LogP contribution < -0.4 is 5.32 Å². The number of carbonyl (C=O) groups is 1. The van der Waals surface area contributed by atoms with Crippen LogP contribution in [0.25, 0.3) is 11.1 Å². The molecule has 7 heteroatoms. The summed E-state index contributed by atoms with van der Waals surface area (Å²) in [7, 11) is 0. The summed E-state index contributed by atoms with van der Waals surface area (Å²) in [6.07, 6.45) is 0.645. The van der Waals surface area contributed by atoms with Crippen molar-refractivity contribution < 1.29 is 18.0 Å². The third-order valence-electron chi connectivity index (χ3n) is 6.70. The third kappa shape index (κ3) is 4.34. The third-order valence-corrected chi connectivity index (χ3v) is 6.70. The molecule has 0 radical (unpaired) electrons. The molecule has 31 heavy (non-hydrogen) atoms. The van der Waals surface area contributed by atoms with E-state index in [2.05, 4.69) is 26.1 Å². The normalized spacial score (nSPS) is 22.1. The van der Waals surface area contributed by atoms with Gasteiger partial charge in [0.25, 0.3) is 5.91 Å². The number of rotatable bonds is 2. The smallest absolute Gasteiger partial charge is 0.290 e. The Bertz CT molecular complexity index is 981. The van der Waals surface area contributed by atoms with E-state index in [4.69, 9.17) is 9.40 Å². The summed E-state index contributed by atoms with van der Waals surface area (Å²) in [6, 6.07) is 3.73. The van der Waals surface area contributed by atoms with E-state index >= 15 is 0 Å². The van der Waals surface area contributed by atoms with Crippen molar-refractivity contribution in [2.45, 2.75) is 83.1 Å². The topological polar surface area (TPSA) is 58.4 Å². The highest BCUT2D eigenvalue weighted by atomic mass is 19.3. The highest BCUT2D eigenvalue weighted by molar-refractivity contribution is 5.96. The fourth-order valence-corrected chi connectivity index (χ4v) is 4.74. The summed E-state index contributed by atoms with van der Waals surface area (Å²) in [5.74, 6) is -2.41. The number of alkyl halides is 2. The monoisotopic (exact) mass is 433 g/mol. The first-order chi connectivity index (χ1) is 14.4. The van der Waals surface area contributed by atoms with E-state index in [1.54, 1.807) is 6.07 Å². The van der Waals surface area contributed by atoms with Crippen molar-refractivity contribution in [1.29, 1.82) is 0 Å². The van der Waals surface area contributed by atoms with Gasteiger partial charge in [-0.25, -0.2) is 13.8 Å². The molecule has 3 heterocycles. The number of amides is 1. The zero-order valence-corrected chi connectivity index (χ0v) is 19.1. The van der Waals surface area contributed by atoms with Crippen molar-refractivity contribution >= 4 is 17.0 Å². The van der Waals surface area contributed by atoms with Crippen molar-refractivity contribution in [2.75, 3.05) is 19.6 Å². The summed E-state index contributed by atoms with van der Waals surface area (Å²) in [5, 5.41) is 3.33. The molecule has 0 spiro atoms. The highest BCUT2D eigenvalue weighted by Gasteiger charge is 2.38. The van der Waals surface area contributed by atoms with Gasteiger partial charge >= 0.3 is 0 Å². The molecule has 4 rings (SSSR count).